The zero-order valence-corrected chi connectivity index (χ0v) is 8.88. The Kier molecular flexibility index (Phi) is 3.77. The second kappa shape index (κ2) is 4.65. The summed E-state index contributed by atoms with van der Waals surface area (Å²) in [6.45, 7) is -0.386. The van der Waals surface area contributed by atoms with Gasteiger partial charge < -0.3 is 9.84 Å². The van der Waals surface area contributed by atoms with Crippen molar-refractivity contribution in [2.24, 2.45) is 0 Å². The van der Waals surface area contributed by atoms with Crippen molar-refractivity contribution in [1.82, 2.24) is 4.98 Å². The summed E-state index contributed by atoms with van der Waals surface area (Å²) in [5.41, 5.74) is -0.0925. The largest absolute Gasteiger partial charge is 0.496 e. The van der Waals surface area contributed by atoms with Crippen LogP contribution in [0.5, 0.6) is 5.75 Å². The summed E-state index contributed by atoms with van der Waals surface area (Å²) < 4.78 is 29.9. The van der Waals surface area contributed by atoms with Crippen LogP contribution in [0.3, 0.4) is 0 Å². The molecule has 1 heterocycles. The second-order valence-electron chi connectivity index (χ2n) is 2.48. The van der Waals surface area contributed by atoms with Gasteiger partial charge in [-0.25, -0.2) is 13.8 Å². The molecule has 0 amide bonds. The molecule has 0 spiro atoms. The Labute approximate surface area is 87.9 Å². The van der Waals surface area contributed by atoms with Crippen LogP contribution in [0, 0.1) is 0 Å². The quantitative estimate of drug-likeness (QED) is 0.855. The maximum Gasteiger partial charge on any atom is 0.270 e. The fourth-order valence-electron chi connectivity index (χ4n) is 1.07. The molecule has 0 aromatic carbocycles. The zero-order valence-electron chi connectivity index (χ0n) is 7.30. The van der Waals surface area contributed by atoms with Gasteiger partial charge in [-0.2, -0.15) is 0 Å². The summed E-state index contributed by atoms with van der Waals surface area (Å²) in [6.07, 6.45) is -1.41. The summed E-state index contributed by atoms with van der Waals surface area (Å²) in [6, 6.07) is 0. The molecule has 0 aliphatic rings. The van der Waals surface area contributed by atoms with Crippen LogP contribution in [0.25, 0.3) is 0 Å². The third-order valence-electron chi connectivity index (χ3n) is 1.68. The maximum atomic E-state index is 12.6. The number of halogens is 3. The first-order valence-electron chi connectivity index (χ1n) is 3.72. The van der Waals surface area contributed by atoms with E-state index < -0.39 is 6.43 Å². The molecule has 0 aliphatic heterocycles. The fourth-order valence-corrected chi connectivity index (χ4v) is 1.53. The van der Waals surface area contributed by atoms with Gasteiger partial charge in [-0.05, 0) is 15.9 Å². The molecule has 78 valence electrons. The van der Waals surface area contributed by atoms with Gasteiger partial charge in [-0.3, -0.25) is 0 Å². The van der Waals surface area contributed by atoms with E-state index in [1.165, 1.54) is 13.3 Å². The molecule has 3 nitrogen and oxygen atoms in total. The molecule has 1 rings (SSSR count). The normalized spacial score (nSPS) is 10.7. The van der Waals surface area contributed by atoms with E-state index in [0.717, 1.165) is 0 Å². The van der Waals surface area contributed by atoms with Crippen molar-refractivity contribution in [2.75, 3.05) is 7.11 Å². The SMILES string of the molecule is COc1c(CO)cnc(Br)c1C(F)F. The molecule has 0 unspecified atom stereocenters. The Morgan fingerprint density at radius 3 is 2.71 bits per heavy atom. The predicted octanol–water partition coefficient (Wildman–Crippen LogP) is 2.28. The lowest BCUT2D eigenvalue weighted by Crippen LogP contribution is -2.01. The van der Waals surface area contributed by atoms with Crippen LogP contribution in [0.2, 0.25) is 0 Å². The van der Waals surface area contributed by atoms with E-state index in [1.54, 1.807) is 0 Å². The molecule has 14 heavy (non-hydrogen) atoms. The Hall–Kier alpha value is -0.750. The molecule has 0 bridgehead atoms. The van der Waals surface area contributed by atoms with E-state index in [4.69, 9.17) is 9.84 Å². The number of rotatable bonds is 3. The Morgan fingerprint density at radius 2 is 2.29 bits per heavy atom. The first kappa shape index (κ1) is 11.3. The standard InChI is InChI=1S/C8H8BrF2NO2/c1-14-6-4(3-13)2-12-7(9)5(6)8(10)11/h2,8,13H,3H2,1H3. The van der Waals surface area contributed by atoms with Gasteiger partial charge in [0.25, 0.3) is 6.43 Å². The molecule has 0 aliphatic carbocycles. The van der Waals surface area contributed by atoms with Gasteiger partial charge >= 0.3 is 0 Å². The van der Waals surface area contributed by atoms with Crippen LogP contribution in [-0.2, 0) is 6.61 Å². The molecule has 0 saturated heterocycles. The minimum Gasteiger partial charge on any atom is -0.496 e. The first-order chi connectivity index (χ1) is 6.61. The van der Waals surface area contributed by atoms with Gasteiger partial charge in [0.2, 0.25) is 0 Å². The number of aromatic nitrogens is 1. The summed E-state index contributed by atoms with van der Waals surface area (Å²) in [5, 5.41) is 8.87. The number of nitrogens with zero attached hydrogens (tertiary/aromatic N) is 1. The monoisotopic (exact) mass is 267 g/mol. The lowest BCUT2D eigenvalue weighted by atomic mass is 10.2. The number of hydrogen-bond donors (Lipinski definition) is 1. The van der Waals surface area contributed by atoms with Crippen LogP contribution in [0.1, 0.15) is 17.6 Å². The van der Waals surface area contributed by atoms with Gasteiger partial charge in [0.15, 0.2) is 0 Å². The van der Waals surface area contributed by atoms with Crippen molar-refractivity contribution in [3.8, 4) is 5.75 Å². The number of alkyl halides is 2. The van der Waals surface area contributed by atoms with Gasteiger partial charge in [0, 0.05) is 11.8 Å². The van der Waals surface area contributed by atoms with E-state index in [0.29, 0.717) is 0 Å². The Bertz CT molecular complexity index is 333. The number of aliphatic hydroxyl groups excluding tert-OH is 1. The number of aliphatic hydroxyl groups is 1. The fraction of sp³-hybridized carbons (Fsp3) is 0.375. The molecule has 0 atom stereocenters. The first-order valence-corrected chi connectivity index (χ1v) is 4.51. The minimum absolute atomic E-state index is 0.0237. The highest BCUT2D eigenvalue weighted by atomic mass is 79.9. The Morgan fingerprint density at radius 1 is 1.64 bits per heavy atom. The highest BCUT2D eigenvalue weighted by molar-refractivity contribution is 9.10. The van der Waals surface area contributed by atoms with Crippen LogP contribution in [-0.4, -0.2) is 17.2 Å². The highest BCUT2D eigenvalue weighted by Gasteiger charge is 2.21. The van der Waals surface area contributed by atoms with Crippen LogP contribution < -0.4 is 4.74 Å². The molecule has 1 aromatic rings. The van der Waals surface area contributed by atoms with Crippen molar-refractivity contribution < 1.29 is 18.6 Å². The number of methoxy groups -OCH3 is 1. The molecule has 0 fully saturated rings. The van der Waals surface area contributed by atoms with Crippen LogP contribution >= 0.6 is 15.9 Å². The zero-order chi connectivity index (χ0) is 10.7. The van der Waals surface area contributed by atoms with Crippen LogP contribution in [0.4, 0.5) is 8.78 Å². The second-order valence-corrected chi connectivity index (χ2v) is 3.23. The average molecular weight is 268 g/mol. The molecule has 0 radical (unpaired) electrons. The van der Waals surface area contributed by atoms with Gasteiger partial charge in [-0.15, -0.1) is 0 Å². The molecule has 0 saturated carbocycles. The summed E-state index contributed by atoms with van der Waals surface area (Å²) in [4.78, 5) is 3.68. The van der Waals surface area contributed by atoms with E-state index in [2.05, 4.69) is 20.9 Å². The maximum absolute atomic E-state index is 12.6. The van der Waals surface area contributed by atoms with Gasteiger partial charge in [0.05, 0.1) is 19.3 Å². The summed E-state index contributed by atoms with van der Waals surface area (Å²) in [7, 11) is 1.27. The van der Waals surface area contributed by atoms with Crippen molar-refractivity contribution in [3.05, 3.63) is 21.9 Å². The van der Waals surface area contributed by atoms with Crippen molar-refractivity contribution in [1.29, 1.82) is 0 Å². The van der Waals surface area contributed by atoms with E-state index in [9.17, 15) is 8.78 Å². The summed E-state index contributed by atoms with van der Waals surface area (Å²) in [5.74, 6) is -0.0237. The lowest BCUT2D eigenvalue weighted by Gasteiger charge is -2.12. The number of pyridine rings is 1. The number of hydrogen-bond acceptors (Lipinski definition) is 3. The molecular weight excluding hydrogens is 260 g/mol. The number of ether oxygens (including phenoxy) is 1. The Balaban J connectivity index is 3.35. The van der Waals surface area contributed by atoms with E-state index >= 15 is 0 Å². The third kappa shape index (κ3) is 2.01. The van der Waals surface area contributed by atoms with Crippen molar-refractivity contribution in [3.63, 3.8) is 0 Å². The third-order valence-corrected chi connectivity index (χ3v) is 2.32. The van der Waals surface area contributed by atoms with Crippen LogP contribution in [0.15, 0.2) is 10.8 Å². The topological polar surface area (TPSA) is 42.4 Å². The molecule has 6 heteroatoms. The molecule has 1 aromatic heterocycles. The minimum atomic E-state index is -2.70. The van der Waals surface area contributed by atoms with Crippen molar-refractivity contribution in [2.45, 2.75) is 13.0 Å². The summed E-state index contributed by atoms with van der Waals surface area (Å²) >= 11 is 2.90. The van der Waals surface area contributed by atoms with Gasteiger partial charge in [0.1, 0.15) is 10.4 Å². The highest BCUT2D eigenvalue weighted by Crippen LogP contribution is 2.36. The smallest absolute Gasteiger partial charge is 0.270 e. The van der Waals surface area contributed by atoms with E-state index in [-0.39, 0.29) is 28.1 Å². The molecule has 1 N–H and O–H groups in total. The molecular formula is C8H8BrF2NO2. The van der Waals surface area contributed by atoms with E-state index in [1.807, 2.05) is 0 Å². The predicted molar refractivity (Wildman–Crippen MR) is 49.4 cm³/mol. The van der Waals surface area contributed by atoms with Gasteiger partial charge in [-0.1, -0.05) is 0 Å². The lowest BCUT2D eigenvalue weighted by molar-refractivity contribution is 0.144. The average Bonchev–Trinajstić information content (AvgIpc) is 2.16. The van der Waals surface area contributed by atoms with Crippen molar-refractivity contribution >= 4 is 15.9 Å².